The SMILES string of the molecule is O=COC(=O)c1ccc(Oc2ccc(C(=O)OC=O)c3ccc4cc(Cc5ccccc5)cc(Cc5ccccc5)c4c23)c2c1ccc1cc(Cc3ccccc3)cc(Cc3ccccc3)c12. The zero-order chi connectivity index (χ0) is 45.7. The molecule has 0 atom stereocenters. The maximum atomic E-state index is 13.5. The second kappa shape index (κ2) is 18.8. The average molecular weight is 875 g/mol. The molecule has 7 nitrogen and oxygen atoms in total. The number of carbonyl (C=O) groups is 4. The van der Waals surface area contributed by atoms with E-state index in [2.05, 4.69) is 72.8 Å². The van der Waals surface area contributed by atoms with Gasteiger partial charge in [-0.2, -0.15) is 0 Å². The van der Waals surface area contributed by atoms with Crippen LogP contribution in [0, 0.1) is 0 Å². The predicted molar refractivity (Wildman–Crippen MR) is 263 cm³/mol. The molecule has 0 aliphatic carbocycles. The minimum Gasteiger partial charge on any atom is -0.456 e. The van der Waals surface area contributed by atoms with E-state index in [4.69, 9.17) is 14.2 Å². The number of fused-ring (bicyclic) bond motifs is 6. The molecule has 324 valence electrons. The van der Waals surface area contributed by atoms with Crippen molar-refractivity contribution in [2.24, 2.45) is 0 Å². The van der Waals surface area contributed by atoms with E-state index in [-0.39, 0.29) is 24.1 Å². The molecule has 0 spiro atoms. The first-order valence-electron chi connectivity index (χ1n) is 22.1. The summed E-state index contributed by atoms with van der Waals surface area (Å²) in [6, 6.07) is 64.3. The summed E-state index contributed by atoms with van der Waals surface area (Å²) in [5.41, 5.74) is 9.24. The summed E-state index contributed by atoms with van der Waals surface area (Å²) < 4.78 is 17.1. The quantitative estimate of drug-likeness (QED) is 0.0465. The van der Waals surface area contributed by atoms with Crippen LogP contribution in [0.1, 0.15) is 65.2 Å². The Morgan fingerprint density at radius 1 is 0.358 bits per heavy atom. The Kier molecular flexibility index (Phi) is 11.9. The van der Waals surface area contributed by atoms with Gasteiger partial charge in [0.15, 0.2) is 0 Å². The lowest BCUT2D eigenvalue weighted by Gasteiger charge is -2.20. The lowest BCUT2D eigenvalue weighted by atomic mass is 9.88. The Bertz CT molecular complexity index is 3260. The summed E-state index contributed by atoms with van der Waals surface area (Å²) in [4.78, 5) is 50.2. The highest BCUT2D eigenvalue weighted by Gasteiger charge is 2.23. The Morgan fingerprint density at radius 3 is 1.07 bits per heavy atom. The van der Waals surface area contributed by atoms with Crippen molar-refractivity contribution in [2.75, 3.05) is 0 Å². The molecule has 0 amide bonds. The Hall–Kier alpha value is -8.68. The van der Waals surface area contributed by atoms with Gasteiger partial charge in [-0.1, -0.05) is 170 Å². The minimum absolute atomic E-state index is 0.142. The molecular weight excluding hydrogens is 833 g/mol. The van der Waals surface area contributed by atoms with Crippen LogP contribution in [0.4, 0.5) is 0 Å². The third-order valence-electron chi connectivity index (χ3n) is 12.3. The molecule has 0 bridgehead atoms. The van der Waals surface area contributed by atoms with E-state index >= 15 is 0 Å². The third-order valence-corrected chi connectivity index (χ3v) is 12.3. The van der Waals surface area contributed by atoms with Crippen molar-refractivity contribution in [3.63, 3.8) is 0 Å². The first-order chi connectivity index (χ1) is 32.9. The lowest BCUT2D eigenvalue weighted by molar-refractivity contribution is -0.124. The maximum absolute atomic E-state index is 13.5. The van der Waals surface area contributed by atoms with Crippen LogP contribution in [0.25, 0.3) is 43.1 Å². The Labute approximate surface area is 386 Å². The highest BCUT2D eigenvalue weighted by molar-refractivity contribution is 6.20. The van der Waals surface area contributed by atoms with Gasteiger partial charge < -0.3 is 14.2 Å². The van der Waals surface area contributed by atoms with Crippen LogP contribution >= 0.6 is 0 Å². The van der Waals surface area contributed by atoms with Gasteiger partial charge in [-0.15, -0.1) is 0 Å². The zero-order valence-corrected chi connectivity index (χ0v) is 36.3. The van der Waals surface area contributed by atoms with Gasteiger partial charge in [0.25, 0.3) is 0 Å². The van der Waals surface area contributed by atoms with Crippen molar-refractivity contribution in [3.05, 3.63) is 250 Å². The second-order valence-corrected chi connectivity index (χ2v) is 16.7. The van der Waals surface area contributed by atoms with Crippen LogP contribution in [0.3, 0.4) is 0 Å². The smallest absolute Gasteiger partial charge is 0.346 e. The molecule has 0 radical (unpaired) electrons. The van der Waals surface area contributed by atoms with E-state index in [1.807, 2.05) is 97.1 Å². The van der Waals surface area contributed by atoms with Crippen LogP contribution in [0.5, 0.6) is 11.5 Å². The number of hydrogen-bond acceptors (Lipinski definition) is 7. The molecule has 0 saturated carbocycles. The van der Waals surface area contributed by atoms with Gasteiger partial charge in [0.1, 0.15) is 11.5 Å². The third kappa shape index (κ3) is 8.78. The second-order valence-electron chi connectivity index (χ2n) is 16.7. The normalized spacial score (nSPS) is 11.2. The molecule has 0 aliphatic heterocycles. The molecule has 67 heavy (non-hydrogen) atoms. The molecule has 0 heterocycles. The molecule has 0 saturated heterocycles. The van der Waals surface area contributed by atoms with Gasteiger partial charge in [-0.3, -0.25) is 9.59 Å². The van der Waals surface area contributed by atoms with Crippen molar-refractivity contribution in [1.82, 2.24) is 0 Å². The van der Waals surface area contributed by atoms with E-state index in [1.165, 1.54) is 11.1 Å². The van der Waals surface area contributed by atoms with E-state index in [1.54, 1.807) is 24.3 Å². The molecule has 7 heteroatoms. The van der Waals surface area contributed by atoms with Gasteiger partial charge in [-0.25, -0.2) is 9.59 Å². The lowest BCUT2D eigenvalue weighted by Crippen LogP contribution is -2.06. The standard InChI is InChI=1S/C60H42O7/c61-37-65-59(63)51-25-27-53(57-49(51)23-21-45-33-43(29-39-13-5-1-6-14-39)35-47(55(45)57)31-41-17-9-3-10-18-41)67-54-28-26-52(60(64)66-38-62)50-24-22-46-34-44(30-40-15-7-2-8-16-40)36-48(56(46)58(50)54)32-42-19-11-4-12-20-42/h1-28,33-38H,29-32H2. The number of hydrogen-bond donors (Lipinski definition) is 0. The summed E-state index contributed by atoms with van der Waals surface area (Å²) >= 11 is 0. The van der Waals surface area contributed by atoms with Crippen molar-refractivity contribution < 1.29 is 33.4 Å². The fourth-order valence-electron chi connectivity index (χ4n) is 9.51. The maximum Gasteiger partial charge on any atom is 0.346 e. The molecule has 10 rings (SSSR count). The van der Waals surface area contributed by atoms with Crippen molar-refractivity contribution in [2.45, 2.75) is 25.7 Å². The van der Waals surface area contributed by atoms with Crippen molar-refractivity contribution in [1.29, 1.82) is 0 Å². The van der Waals surface area contributed by atoms with E-state index in [0.717, 1.165) is 54.9 Å². The summed E-state index contributed by atoms with van der Waals surface area (Å²) in [7, 11) is 0. The first kappa shape index (κ1) is 42.3. The molecular formula is C60H42O7. The van der Waals surface area contributed by atoms with E-state index < -0.39 is 11.9 Å². The van der Waals surface area contributed by atoms with Gasteiger partial charge in [0.2, 0.25) is 0 Å². The van der Waals surface area contributed by atoms with E-state index in [0.29, 0.717) is 58.7 Å². The summed E-state index contributed by atoms with van der Waals surface area (Å²) in [6.07, 6.45) is 2.58. The van der Waals surface area contributed by atoms with Crippen LogP contribution < -0.4 is 4.74 Å². The molecule has 10 aromatic rings. The predicted octanol–water partition coefficient (Wildman–Crippen LogP) is 13.1. The summed E-state index contributed by atoms with van der Waals surface area (Å²) in [6.45, 7) is 0.284. The number of ether oxygens (including phenoxy) is 3. The minimum atomic E-state index is -0.789. The fraction of sp³-hybridized carbons (Fsp3) is 0.0667. The average Bonchev–Trinajstić information content (AvgIpc) is 3.35. The van der Waals surface area contributed by atoms with Crippen LogP contribution in [0.15, 0.2) is 194 Å². The van der Waals surface area contributed by atoms with Gasteiger partial charge >= 0.3 is 24.9 Å². The van der Waals surface area contributed by atoms with E-state index in [9.17, 15) is 19.2 Å². The molecule has 0 unspecified atom stereocenters. The van der Waals surface area contributed by atoms with Crippen LogP contribution in [0.2, 0.25) is 0 Å². The highest BCUT2D eigenvalue weighted by atomic mass is 16.6. The van der Waals surface area contributed by atoms with Crippen LogP contribution in [-0.4, -0.2) is 24.9 Å². The molecule has 0 fully saturated rings. The van der Waals surface area contributed by atoms with Gasteiger partial charge in [0.05, 0.1) is 11.1 Å². The number of carbonyl (C=O) groups excluding carboxylic acids is 4. The van der Waals surface area contributed by atoms with Crippen molar-refractivity contribution in [3.8, 4) is 11.5 Å². The number of benzene rings is 10. The van der Waals surface area contributed by atoms with Gasteiger partial charge in [0, 0.05) is 21.5 Å². The fourth-order valence-corrected chi connectivity index (χ4v) is 9.51. The van der Waals surface area contributed by atoms with Crippen LogP contribution in [-0.2, 0) is 44.7 Å². The summed E-state index contributed by atoms with van der Waals surface area (Å²) in [5.74, 6) is -0.689. The monoisotopic (exact) mass is 874 g/mol. The molecule has 10 aromatic carbocycles. The Morgan fingerprint density at radius 2 is 0.716 bits per heavy atom. The number of esters is 2. The molecule has 0 aromatic heterocycles. The molecule has 0 N–H and O–H groups in total. The molecule has 0 aliphatic rings. The largest absolute Gasteiger partial charge is 0.456 e. The van der Waals surface area contributed by atoms with Crippen molar-refractivity contribution >= 4 is 68.0 Å². The zero-order valence-electron chi connectivity index (χ0n) is 36.3. The first-order valence-corrected chi connectivity index (χ1v) is 22.1. The summed E-state index contributed by atoms with van der Waals surface area (Å²) in [5, 5.41) is 6.03. The highest BCUT2D eigenvalue weighted by Crippen LogP contribution is 2.45. The Balaban J connectivity index is 1.24. The van der Waals surface area contributed by atoms with Gasteiger partial charge in [-0.05, 0) is 116 Å². The number of rotatable bonds is 14. The topological polar surface area (TPSA) is 96.0 Å².